The number of hydrogen-bond acceptors (Lipinski definition) is 1. The van der Waals surface area contributed by atoms with Gasteiger partial charge in [0, 0.05) is 12.5 Å². The third-order valence-corrected chi connectivity index (χ3v) is 3.36. The highest BCUT2D eigenvalue weighted by Crippen LogP contribution is 2.60. The highest BCUT2D eigenvalue weighted by atomic mass is 19.3. The third-order valence-electron chi connectivity index (χ3n) is 3.36. The summed E-state index contributed by atoms with van der Waals surface area (Å²) >= 11 is 0. The summed E-state index contributed by atoms with van der Waals surface area (Å²) in [6.45, 7) is 1.33. The molecule has 1 N–H and O–H groups in total. The maximum Gasteiger partial charge on any atom is 0.263 e. The van der Waals surface area contributed by atoms with Gasteiger partial charge in [-0.25, -0.2) is 8.78 Å². The summed E-state index contributed by atoms with van der Waals surface area (Å²) in [6.07, 6.45) is 6.25. The number of halogens is 2. The largest absolute Gasteiger partial charge is 0.352 e. The van der Waals surface area contributed by atoms with Crippen molar-refractivity contribution < 1.29 is 13.6 Å². The molecule has 1 amide bonds. The fourth-order valence-electron chi connectivity index (χ4n) is 1.92. The summed E-state index contributed by atoms with van der Waals surface area (Å²) in [6, 6.07) is 0.0377. The van der Waals surface area contributed by atoms with Gasteiger partial charge in [-0.15, -0.1) is 0 Å². The first-order chi connectivity index (χ1) is 6.96. The molecule has 2 aliphatic rings. The molecular weight excluding hydrogens is 200 g/mol. The van der Waals surface area contributed by atoms with Crippen LogP contribution in [0.1, 0.15) is 32.6 Å². The Hall–Kier alpha value is -0.930. The van der Waals surface area contributed by atoms with Crippen molar-refractivity contribution in [3.8, 4) is 0 Å². The van der Waals surface area contributed by atoms with Gasteiger partial charge in [0.2, 0.25) is 5.91 Å². The second kappa shape index (κ2) is 3.29. The molecule has 2 aliphatic carbocycles. The first-order valence-corrected chi connectivity index (χ1v) is 5.29. The lowest BCUT2D eigenvalue weighted by molar-refractivity contribution is -0.130. The molecule has 2 unspecified atom stereocenters. The summed E-state index contributed by atoms with van der Waals surface area (Å²) in [4.78, 5) is 11.6. The van der Waals surface area contributed by atoms with Gasteiger partial charge in [0.1, 0.15) is 5.41 Å². The number of rotatable bonds is 2. The summed E-state index contributed by atoms with van der Waals surface area (Å²) in [7, 11) is 0. The summed E-state index contributed by atoms with van der Waals surface area (Å²) in [5.41, 5.74) is -1.45. The Kier molecular flexibility index (Phi) is 2.32. The van der Waals surface area contributed by atoms with E-state index in [2.05, 4.69) is 11.4 Å². The number of allylic oxidation sites excluding steroid dienone is 1. The Labute approximate surface area is 87.7 Å². The van der Waals surface area contributed by atoms with Gasteiger partial charge in [-0.3, -0.25) is 4.79 Å². The average molecular weight is 215 g/mol. The van der Waals surface area contributed by atoms with Crippen LogP contribution in [0.4, 0.5) is 8.78 Å². The van der Waals surface area contributed by atoms with E-state index in [9.17, 15) is 13.6 Å². The molecule has 15 heavy (non-hydrogen) atoms. The minimum atomic E-state index is -2.80. The van der Waals surface area contributed by atoms with Gasteiger partial charge >= 0.3 is 0 Å². The van der Waals surface area contributed by atoms with Crippen LogP contribution in [0.15, 0.2) is 12.2 Å². The highest BCUT2D eigenvalue weighted by Gasteiger charge is 2.72. The number of alkyl halides is 2. The van der Waals surface area contributed by atoms with Gasteiger partial charge in [0.25, 0.3) is 5.92 Å². The molecule has 0 heterocycles. The molecule has 0 aromatic rings. The van der Waals surface area contributed by atoms with E-state index in [4.69, 9.17) is 0 Å². The number of nitrogens with one attached hydrogen (secondary N) is 1. The van der Waals surface area contributed by atoms with Crippen LogP contribution < -0.4 is 5.32 Å². The van der Waals surface area contributed by atoms with Crippen LogP contribution in [0.5, 0.6) is 0 Å². The van der Waals surface area contributed by atoms with Crippen molar-refractivity contribution in [1.29, 1.82) is 0 Å². The van der Waals surface area contributed by atoms with E-state index >= 15 is 0 Å². The maximum atomic E-state index is 12.9. The first kappa shape index (κ1) is 10.6. The zero-order valence-corrected chi connectivity index (χ0v) is 8.72. The van der Waals surface area contributed by atoms with Crippen molar-refractivity contribution in [3.05, 3.63) is 12.2 Å². The topological polar surface area (TPSA) is 29.1 Å². The van der Waals surface area contributed by atoms with Gasteiger partial charge < -0.3 is 5.32 Å². The van der Waals surface area contributed by atoms with E-state index in [1.54, 1.807) is 0 Å². The lowest BCUT2D eigenvalue weighted by Gasteiger charge is -2.21. The van der Waals surface area contributed by atoms with E-state index in [1.165, 1.54) is 6.92 Å². The number of carbonyl (C=O) groups is 1. The van der Waals surface area contributed by atoms with Gasteiger partial charge in [0.15, 0.2) is 0 Å². The van der Waals surface area contributed by atoms with Crippen LogP contribution in [-0.2, 0) is 4.79 Å². The molecule has 0 aromatic carbocycles. The zero-order chi connectivity index (χ0) is 11.1. The van der Waals surface area contributed by atoms with E-state index < -0.39 is 17.2 Å². The number of hydrogen-bond donors (Lipinski definition) is 1. The smallest absolute Gasteiger partial charge is 0.263 e. The molecule has 2 rings (SSSR count). The fraction of sp³-hybridized carbons (Fsp3) is 0.727. The summed E-state index contributed by atoms with van der Waals surface area (Å²) < 4.78 is 25.8. The molecule has 84 valence electrons. The van der Waals surface area contributed by atoms with Gasteiger partial charge in [-0.1, -0.05) is 12.2 Å². The van der Waals surface area contributed by atoms with E-state index in [0.717, 1.165) is 19.3 Å². The molecule has 4 heteroatoms. The molecule has 0 bridgehead atoms. The molecule has 1 saturated carbocycles. The van der Waals surface area contributed by atoms with Crippen LogP contribution in [0.3, 0.4) is 0 Å². The third kappa shape index (κ3) is 1.77. The molecule has 2 atom stereocenters. The van der Waals surface area contributed by atoms with Crippen molar-refractivity contribution in [2.24, 2.45) is 5.41 Å². The van der Waals surface area contributed by atoms with Gasteiger partial charge in [-0.05, 0) is 26.2 Å². The molecular formula is C11H15F2NO. The Bertz CT molecular complexity index is 314. The van der Waals surface area contributed by atoms with Crippen molar-refractivity contribution in [3.63, 3.8) is 0 Å². The lowest BCUT2D eigenvalue weighted by Crippen LogP contribution is -2.41. The standard InChI is InChI=1S/C11H15F2NO/c1-10(7-11(10,12)13)9(15)14-8-5-3-2-4-6-8/h2-3,8H,4-7H2,1H3,(H,14,15). The Morgan fingerprint density at radius 1 is 1.47 bits per heavy atom. The number of carbonyl (C=O) groups excluding carboxylic acids is 1. The van der Waals surface area contributed by atoms with Crippen LogP contribution in [0, 0.1) is 5.41 Å². The normalized spacial score (nSPS) is 37.4. The van der Waals surface area contributed by atoms with Crippen molar-refractivity contribution in [2.45, 2.75) is 44.6 Å². The SMILES string of the molecule is CC1(C(=O)NC2CC=CCC2)CC1(F)F. The van der Waals surface area contributed by atoms with E-state index in [-0.39, 0.29) is 12.5 Å². The molecule has 2 nitrogen and oxygen atoms in total. The van der Waals surface area contributed by atoms with Gasteiger partial charge in [0.05, 0.1) is 0 Å². The predicted molar refractivity (Wildman–Crippen MR) is 52.6 cm³/mol. The Morgan fingerprint density at radius 2 is 2.13 bits per heavy atom. The van der Waals surface area contributed by atoms with E-state index in [1.807, 2.05) is 6.08 Å². The van der Waals surface area contributed by atoms with Gasteiger partial charge in [-0.2, -0.15) is 0 Å². The second-order valence-corrected chi connectivity index (χ2v) is 4.67. The molecule has 0 aliphatic heterocycles. The van der Waals surface area contributed by atoms with Crippen LogP contribution in [0.25, 0.3) is 0 Å². The zero-order valence-electron chi connectivity index (χ0n) is 8.72. The molecule has 0 aromatic heterocycles. The quantitative estimate of drug-likeness (QED) is 0.703. The minimum Gasteiger partial charge on any atom is -0.352 e. The lowest BCUT2D eigenvalue weighted by atomic mass is 10.0. The monoisotopic (exact) mass is 215 g/mol. The summed E-state index contributed by atoms with van der Waals surface area (Å²) in [5, 5.41) is 2.71. The maximum absolute atomic E-state index is 12.9. The second-order valence-electron chi connectivity index (χ2n) is 4.67. The molecule has 0 radical (unpaired) electrons. The van der Waals surface area contributed by atoms with Crippen LogP contribution >= 0.6 is 0 Å². The van der Waals surface area contributed by atoms with Crippen LogP contribution in [0.2, 0.25) is 0 Å². The Morgan fingerprint density at radius 3 is 2.60 bits per heavy atom. The minimum absolute atomic E-state index is 0.0377. The Balaban J connectivity index is 1.91. The predicted octanol–water partition coefficient (Wildman–Crippen LogP) is 2.26. The molecule has 0 saturated heterocycles. The molecule has 1 fully saturated rings. The van der Waals surface area contributed by atoms with Crippen molar-refractivity contribution >= 4 is 5.91 Å². The number of amides is 1. The highest BCUT2D eigenvalue weighted by molar-refractivity contribution is 5.87. The summed E-state index contributed by atoms with van der Waals surface area (Å²) in [5.74, 6) is -3.30. The van der Waals surface area contributed by atoms with Crippen molar-refractivity contribution in [1.82, 2.24) is 5.32 Å². The van der Waals surface area contributed by atoms with Crippen molar-refractivity contribution in [2.75, 3.05) is 0 Å². The van der Waals surface area contributed by atoms with E-state index in [0.29, 0.717) is 0 Å². The first-order valence-electron chi connectivity index (χ1n) is 5.29. The fourth-order valence-corrected chi connectivity index (χ4v) is 1.92. The van der Waals surface area contributed by atoms with Crippen LogP contribution in [-0.4, -0.2) is 17.9 Å². The molecule has 0 spiro atoms. The average Bonchev–Trinajstić information content (AvgIpc) is 2.69.